The van der Waals surface area contributed by atoms with Crippen LogP contribution in [0.5, 0.6) is 0 Å². The topological polar surface area (TPSA) is 16.4 Å². The van der Waals surface area contributed by atoms with Gasteiger partial charge in [0.05, 0.1) is 0 Å². The lowest BCUT2D eigenvalue weighted by atomic mass is 9.82. The smallest absolute Gasteiger partial charge is 0.143 e. The molecule has 2 heterocycles. The van der Waals surface area contributed by atoms with Crippen LogP contribution in [-0.4, -0.2) is 0 Å². The van der Waals surface area contributed by atoms with Crippen molar-refractivity contribution in [2.75, 3.05) is 4.90 Å². The van der Waals surface area contributed by atoms with Crippen LogP contribution in [0.1, 0.15) is 31.9 Å². The number of hydrogen-bond acceptors (Lipinski definition) is 3. The van der Waals surface area contributed by atoms with E-state index in [-0.39, 0.29) is 5.41 Å². The molecule has 0 atom stereocenters. The summed E-state index contributed by atoms with van der Waals surface area (Å²) in [6.07, 6.45) is 4.82. The minimum Gasteiger partial charge on any atom is -0.455 e. The van der Waals surface area contributed by atoms with Gasteiger partial charge >= 0.3 is 0 Å². The molecular formula is C60H39NOS. The van der Waals surface area contributed by atoms with Crippen LogP contribution in [0.25, 0.3) is 75.5 Å². The molecule has 0 spiro atoms. The molecule has 1 aliphatic rings. The van der Waals surface area contributed by atoms with E-state index in [2.05, 4.69) is 230 Å². The van der Waals surface area contributed by atoms with Gasteiger partial charge in [-0.2, -0.15) is 0 Å². The number of fused-ring (bicyclic) bond motifs is 9. The lowest BCUT2D eigenvalue weighted by molar-refractivity contribution is 0.660. The fourth-order valence-corrected chi connectivity index (χ4v) is 10.0. The number of para-hydroxylation sites is 2. The third kappa shape index (κ3) is 7.09. The van der Waals surface area contributed by atoms with Crippen molar-refractivity contribution in [2.24, 2.45) is 0 Å². The second-order valence-corrected chi connectivity index (χ2v) is 17.0. The maximum Gasteiger partial charge on any atom is 0.143 e. The molecule has 0 N–H and O–H groups in total. The lowest BCUT2D eigenvalue weighted by Crippen LogP contribution is -2.16. The van der Waals surface area contributed by atoms with E-state index in [0.717, 1.165) is 50.1 Å². The van der Waals surface area contributed by atoms with Crippen molar-refractivity contribution in [1.82, 2.24) is 0 Å². The van der Waals surface area contributed by atoms with Crippen LogP contribution in [0.4, 0.5) is 17.1 Å². The second-order valence-electron chi connectivity index (χ2n) is 15.9. The Kier molecular flexibility index (Phi) is 10.1. The highest BCUT2D eigenvalue weighted by Gasteiger charge is 2.35. The first-order valence-corrected chi connectivity index (χ1v) is 21.7. The fourth-order valence-electron chi connectivity index (χ4n) is 8.95. The summed E-state index contributed by atoms with van der Waals surface area (Å²) in [6, 6.07) is 64.2. The second kappa shape index (κ2) is 16.4. The van der Waals surface area contributed by atoms with E-state index in [1.54, 1.807) is 6.92 Å². The van der Waals surface area contributed by atoms with Gasteiger partial charge in [-0.05, 0) is 142 Å². The molecule has 63 heavy (non-hydrogen) atoms. The van der Waals surface area contributed by atoms with Gasteiger partial charge in [-0.3, -0.25) is 0 Å². The number of rotatable bonds is 5. The van der Waals surface area contributed by atoms with E-state index in [9.17, 15) is 0 Å². The molecule has 0 unspecified atom stereocenters. The molecule has 0 fully saturated rings. The summed E-state index contributed by atoms with van der Waals surface area (Å²) >= 11 is 1.85. The number of anilines is 3. The van der Waals surface area contributed by atoms with Crippen LogP contribution in [0.15, 0.2) is 180 Å². The zero-order valence-corrected chi connectivity index (χ0v) is 35.9. The third-order valence-corrected chi connectivity index (χ3v) is 13.1. The zero-order chi connectivity index (χ0) is 42.9. The van der Waals surface area contributed by atoms with Gasteiger partial charge in [-0.25, -0.2) is 0 Å². The van der Waals surface area contributed by atoms with Gasteiger partial charge in [0.2, 0.25) is 0 Å². The van der Waals surface area contributed by atoms with Crippen molar-refractivity contribution in [1.29, 1.82) is 0 Å². The SMILES string of the molecule is C#CC#CC#CC#CC.CC1(C)c2ccccc2-c2ccc(N(c3ccc(-c4ccccc4)cc3)c3ccc4sc5ccc(-c6cccc7c6oc6ccccc67)cc5c4c3)cc21. The van der Waals surface area contributed by atoms with E-state index >= 15 is 0 Å². The van der Waals surface area contributed by atoms with Gasteiger partial charge in [-0.1, -0.05) is 135 Å². The third-order valence-electron chi connectivity index (χ3n) is 11.9. The highest BCUT2D eigenvalue weighted by atomic mass is 32.1. The Morgan fingerprint density at radius 1 is 0.476 bits per heavy atom. The molecule has 11 rings (SSSR count). The number of terminal acetylenes is 1. The normalized spacial score (nSPS) is 11.8. The maximum absolute atomic E-state index is 6.47. The Morgan fingerprint density at radius 2 is 1.08 bits per heavy atom. The minimum atomic E-state index is -0.0998. The largest absolute Gasteiger partial charge is 0.455 e. The highest BCUT2D eigenvalue weighted by Crippen LogP contribution is 2.51. The van der Waals surface area contributed by atoms with Crippen molar-refractivity contribution in [3.8, 4) is 81.2 Å². The predicted octanol–water partition coefficient (Wildman–Crippen LogP) is 15.7. The summed E-state index contributed by atoms with van der Waals surface area (Å²) in [4.78, 5) is 2.43. The van der Waals surface area contributed by atoms with Crippen LogP contribution >= 0.6 is 11.3 Å². The first-order valence-electron chi connectivity index (χ1n) is 20.9. The fraction of sp³-hybridized carbons (Fsp3) is 0.0667. The molecule has 0 bridgehead atoms. The van der Waals surface area contributed by atoms with Crippen LogP contribution in [-0.2, 0) is 5.41 Å². The molecule has 0 aliphatic heterocycles. The molecule has 10 aromatic rings. The summed E-state index contributed by atoms with van der Waals surface area (Å²) in [5.41, 5.74) is 15.3. The summed E-state index contributed by atoms with van der Waals surface area (Å²) in [5, 5.41) is 4.81. The van der Waals surface area contributed by atoms with Crippen LogP contribution in [0.2, 0.25) is 0 Å². The van der Waals surface area contributed by atoms with Crippen molar-refractivity contribution in [2.45, 2.75) is 26.2 Å². The van der Waals surface area contributed by atoms with Crippen molar-refractivity contribution >= 4 is 70.5 Å². The molecule has 0 saturated carbocycles. The summed E-state index contributed by atoms with van der Waals surface area (Å²) < 4.78 is 9.02. The average molecular weight is 822 g/mol. The molecule has 8 aromatic carbocycles. The molecule has 2 nitrogen and oxygen atoms in total. The molecule has 0 amide bonds. The standard InChI is InChI=1S/C51H35NOS.C9H4/c1-51(2)45-17-8-6-13-39(45)40-26-24-37(31-46(40)51)52(35-22-19-33(20-23-35)32-11-4-3-5-12-32)36-25-28-49-44(30-36)43-29-34(21-27-48(43)54-49)38-15-10-16-42-41-14-7-9-18-47(41)53-50(38)42;1-3-5-7-9-8-6-4-2/h3-31H,1-2H3;1H,2H3. The summed E-state index contributed by atoms with van der Waals surface area (Å²) in [6.45, 7) is 6.42. The molecule has 0 saturated heterocycles. The summed E-state index contributed by atoms with van der Waals surface area (Å²) in [5.74, 6) is 17.0. The Labute approximate surface area is 372 Å². The summed E-state index contributed by atoms with van der Waals surface area (Å²) in [7, 11) is 0. The maximum atomic E-state index is 6.47. The van der Waals surface area contributed by atoms with Crippen LogP contribution < -0.4 is 4.90 Å². The van der Waals surface area contributed by atoms with E-state index in [1.165, 1.54) is 53.6 Å². The Hall–Kier alpha value is -8.18. The first kappa shape index (κ1) is 39.0. The van der Waals surface area contributed by atoms with Crippen molar-refractivity contribution in [3.63, 3.8) is 0 Å². The van der Waals surface area contributed by atoms with Gasteiger partial charge < -0.3 is 9.32 Å². The van der Waals surface area contributed by atoms with E-state index in [1.807, 2.05) is 17.4 Å². The van der Waals surface area contributed by atoms with Crippen molar-refractivity contribution in [3.05, 3.63) is 187 Å². The van der Waals surface area contributed by atoms with Gasteiger partial charge in [-0.15, -0.1) is 17.8 Å². The average Bonchev–Trinajstić information content (AvgIpc) is 3.97. The number of furan rings is 1. The van der Waals surface area contributed by atoms with Gasteiger partial charge in [0, 0.05) is 59.0 Å². The number of nitrogens with zero attached hydrogens (tertiary/aromatic N) is 1. The predicted molar refractivity (Wildman–Crippen MR) is 268 cm³/mol. The first-order chi connectivity index (χ1) is 30.9. The Balaban J connectivity index is 0.000000475. The van der Waals surface area contributed by atoms with Gasteiger partial charge in [0.25, 0.3) is 0 Å². The zero-order valence-electron chi connectivity index (χ0n) is 35.1. The highest BCUT2D eigenvalue weighted by molar-refractivity contribution is 7.25. The molecule has 296 valence electrons. The van der Waals surface area contributed by atoms with E-state index in [0.29, 0.717) is 0 Å². The van der Waals surface area contributed by atoms with Crippen LogP contribution in [0, 0.1) is 47.9 Å². The number of hydrogen-bond donors (Lipinski definition) is 0. The molecule has 1 aliphatic carbocycles. The Morgan fingerprint density at radius 3 is 1.90 bits per heavy atom. The van der Waals surface area contributed by atoms with Gasteiger partial charge in [0.1, 0.15) is 11.2 Å². The van der Waals surface area contributed by atoms with E-state index < -0.39 is 0 Å². The molecular weight excluding hydrogens is 783 g/mol. The quantitative estimate of drug-likeness (QED) is 0.161. The number of benzene rings is 8. The van der Waals surface area contributed by atoms with Crippen LogP contribution in [0.3, 0.4) is 0 Å². The monoisotopic (exact) mass is 821 g/mol. The minimum absolute atomic E-state index is 0.0998. The van der Waals surface area contributed by atoms with Gasteiger partial charge in [0.15, 0.2) is 0 Å². The number of thiophene rings is 1. The Bertz CT molecular complexity index is 3640. The van der Waals surface area contributed by atoms with E-state index in [4.69, 9.17) is 10.8 Å². The lowest BCUT2D eigenvalue weighted by Gasteiger charge is -2.28. The molecule has 2 aromatic heterocycles. The van der Waals surface area contributed by atoms with Crippen molar-refractivity contribution < 1.29 is 4.42 Å². The molecule has 3 heteroatoms. The molecule has 0 radical (unpaired) electrons.